The summed E-state index contributed by atoms with van der Waals surface area (Å²) in [4.78, 5) is 22.1. The lowest BCUT2D eigenvalue weighted by Crippen LogP contribution is -2.44. The highest BCUT2D eigenvalue weighted by Gasteiger charge is 2.30. The first kappa shape index (κ1) is 14.3. The van der Waals surface area contributed by atoms with Crippen molar-refractivity contribution in [3.63, 3.8) is 0 Å². The number of amides is 1. The third-order valence-corrected chi connectivity index (χ3v) is 4.62. The van der Waals surface area contributed by atoms with Crippen LogP contribution >= 0.6 is 0 Å². The Bertz CT molecular complexity index is 338. The third kappa shape index (κ3) is 3.93. The summed E-state index contributed by atoms with van der Waals surface area (Å²) in [5.41, 5.74) is 5.32. The molecule has 19 heavy (non-hydrogen) atoms. The molecule has 2 aliphatic rings. The number of nitrogens with one attached hydrogen (secondary N) is 1. The molecule has 0 bridgehead atoms. The van der Waals surface area contributed by atoms with Gasteiger partial charge < -0.3 is 16.2 Å². The average Bonchev–Trinajstić information content (AvgIpc) is 2.39. The minimum Gasteiger partial charge on any atom is -0.481 e. The summed E-state index contributed by atoms with van der Waals surface area (Å²) in [5.74, 6) is -0.990. The molecule has 0 heterocycles. The topological polar surface area (TPSA) is 92.4 Å². The van der Waals surface area contributed by atoms with Gasteiger partial charge in [0.1, 0.15) is 0 Å². The molecule has 0 aromatic heterocycles. The van der Waals surface area contributed by atoms with Crippen LogP contribution in [-0.2, 0) is 9.59 Å². The van der Waals surface area contributed by atoms with Gasteiger partial charge in [-0.25, -0.2) is 0 Å². The average molecular weight is 268 g/mol. The van der Waals surface area contributed by atoms with Gasteiger partial charge in [-0.3, -0.25) is 9.59 Å². The molecule has 2 rings (SSSR count). The summed E-state index contributed by atoms with van der Waals surface area (Å²) in [7, 11) is 0. The van der Waals surface area contributed by atoms with Crippen LogP contribution in [0.5, 0.6) is 0 Å². The van der Waals surface area contributed by atoms with Crippen molar-refractivity contribution < 1.29 is 14.7 Å². The molecule has 0 saturated heterocycles. The lowest BCUT2D eigenvalue weighted by Gasteiger charge is -2.34. The molecular formula is C14H24N2O3. The van der Waals surface area contributed by atoms with Gasteiger partial charge in [-0.15, -0.1) is 0 Å². The summed E-state index contributed by atoms with van der Waals surface area (Å²) < 4.78 is 0. The van der Waals surface area contributed by atoms with E-state index in [4.69, 9.17) is 10.8 Å². The molecule has 5 nitrogen and oxygen atoms in total. The number of carbonyl (C=O) groups is 2. The van der Waals surface area contributed by atoms with Crippen LogP contribution in [0, 0.1) is 11.8 Å². The van der Waals surface area contributed by atoms with Crippen LogP contribution < -0.4 is 11.1 Å². The summed E-state index contributed by atoms with van der Waals surface area (Å²) in [6.07, 6.45) is 7.28. The maximum Gasteiger partial charge on any atom is 0.306 e. The van der Waals surface area contributed by atoms with Crippen molar-refractivity contribution in [2.45, 2.75) is 63.5 Å². The fourth-order valence-electron chi connectivity index (χ4n) is 3.44. The first-order valence-electron chi connectivity index (χ1n) is 7.34. The van der Waals surface area contributed by atoms with Crippen LogP contribution in [0.3, 0.4) is 0 Å². The molecule has 0 aliphatic heterocycles. The molecule has 2 atom stereocenters. The Hall–Kier alpha value is -1.10. The van der Waals surface area contributed by atoms with Gasteiger partial charge in [0, 0.05) is 18.0 Å². The Morgan fingerprint density at radius 1 is 0.947 bits per heavy atom. The number of aliphatic carboxylic acids is 1. The van der Waals surface area contributed by atoms with Crippen LogP contribution in [0.25, 0.3) is 0 Å². The lowest BCUT2D eigenvalue weighted by molar-refractivity contribution is -0.143. The highest BCUT2D eigenvalue weighted by atomic mass is 16.4. The van der Waals surface area contributed by atoms with Gasteiger partial charge >= 0.3 is 5.97 Å². The number of hydrogen-bond acceptors (Lipinski definition) is 3. The summed E-state index contributed by atoms with van der Waals surface area (Å²) in [5, 5.41) is 12.7. The molecule has 0 aromatic carbocycles. The molecule has 4 N–H and O–H groups in total. The summed E-state index contributed by atoms with van der Waals surface area (Å²) in [6, 6.07) is 0.748. The van der Waals surface area contributed by atoms with Gasteiger partial charge in [-0.2, -0.15) is 0 Å². The molecule has 0 radical (unpaired) electrons. The zero-order chi connectivity index (χ0) is 13.8. The van der Waals surface area contributed by atoms with E-state index in [2.05, 4.69) is 5.32 Å². The van der Waals surface area contributed by atoms with E-state index >= 15 is 0 Å². The molecule has 2 fully saturated rings. The number of carboxylic acids is 1. The first-order chi connectivity index (χ1) is 9.06. The van der Waals surface area contributed by atoms with E-state index in [1.165, 1.54) is 0 Å². The van der Waals surface area contributed by atoms with Crippen molar-refractivity contribution >= 4 is 11.9 Å². The molecule has 1 amide bonds. The van der Waals surface area contributed by atoms with Crippen molar-refractivity contribution in [3.05, 3.63) is 0 Å². The molecule has 2 unspecified atom stereocenters. The van der Waals surface area contributed by atoms with Gasteiger partial charge in [0.2, 0.25) is 5.91 Å². The van der Waals surface area contributed by atoms with Crippen molar-refractivity contribution in [1.29, 1.82) is 0 Å². The normalized spacial score (nSPS) is 35.8. The van der Waals surface area contributed by atoms with Crippen molar-refractivity contribution in [2.24, 2.45) is 17.6 Å². The highest BCUT2D eigenvalue weighted by molar-refractivity contribution is 5.76. The standard InChI is InChI=1S/C14H24N2O3/c15-13(17)9-4-6-11(7-5-9)16-12-3-1-2-10(8-12)14(18)19/h9-12,16H,1-8H2,(H2,15,17)(H,18,19). The van der Waals surface area contributed by atoms with Crippen LogP contribution in [0.2, 0.25) is 0 Å². The Kier molecular flexibility index (Phi) is 4.80. The van der Waals surface area contributed by atoms with E-state index < -0.39 is 5.97 Å². The van der Waals surface area contributed by atoms with Crippen LogP contribution in [0.4, 0.5) is 0 Å². The summed E-state index contributed by atoms with van der Waals surface area (Å²) >= 11 is 0. The Morgan fingerprint density at radius 2 is 1.63 bits per heavy atom. The predicted molar refractivity (Wildman–Crippen MR) is 71.5 cm³/mol. The fourth-order valence-corrected chi connectivity index (χ4v) is 3.44. The zero-order valence-corrected chi connectivity index (χ0v) is 11.3. The Labute approximate surface area is 113 Å². The molecule has 0 spiro atoms. The largest absolute Gasteiger partial charge is 0.481 e. The predicted octanol–water partition coefficient (Wildman–Crippen LogP) is 1.26. The van der Waals surface area contributed by atoms with Gasteiger partial charge in [-0.05, 0) is 44.9 Å². The molecule has 108 valence electrons. The van der Waals surface area contributed by atoms with Gasteiger partial charge in [0.15, 0.2) is 0 Å². The zero-order valence-electron chi connectivity index (χ0n) is 11.3. The Morgan fingerprint density at radius 3 is 2.21 bits per heavy atom. The van der Waals surface area contributed by atoms with E-state index in [0.717, 1.165) is 51.4 Å². The fraction of sp³-hybridized carbons (Fsp3) is 0.857. The third-order valence-electron chi connectivity index (χ3n) is 4.62. The second kappa shape index (κ2) is 6.37. The molecule has 2 aliphatic carbocycles. The monoisotopic (exact) mass is 268 g/mol. The quantitative estimate of drug-likeness (QED) is 0.715. The maximum atomic E-state index is 11.1. The van der Waals surface area contributed by atoms with E-state index in [1.807, 2.05) is 0 Å². The molecule has 2 saturated carbocycles. The van der Waals surface area contributed by atoms with Gasteiger partial charge in [0.25, 0.3) is 0 Å². The molecule has 0 aromatic rings. The maximum absolute atomic E-state index is 11.1. The number of primary amides is 1. The number of hydrogen-bond donors (Lipinski definition) is 3. The van der Waals surface area contributed by atoms with E-state index in [9.17, 15) is 9.59 Å². The number of nitrogens with two attached hydrogens (primary N) is 1. The van der Waals surface area contributed by atoms with Crippen molar-refractivity contribution in [1.82, 2.24) is 5.32 Å². The SMILES string of the molecule is NC(=O)C1CCC(NC2CCCC(C(=O)O)C2)CC1. The van der Waals surface area contributed by atoms with Gasteiger partial charge in [0.05, 0.1) is 5.92 Å². The number of carbonyl (C=O) groups excluding carboxylic acids is 1. The van der Waals surface area contributed by atoms with E-state index in [1.54, 1.807) is 0 Å². The first-order valence-corrected chi connectivity index (χ1v) is 7.34. The highest BCUT2D eigenvalue weighted by Crippen LogP contribution is 2.28. The Balaban J connectivity index is 1.76. The number of rotatable bonds is 4. The minimum absolute atomic E-state index is 0.0381. The minimum atomic E-state index is -0.663. The molecule has 5 heteroatoms. The molecular weight excluding hydrogens is 244 g/mol. The van der Waals surface area contributed by atoms with Gasteiger partial charge in [-0.1, -0.05) is 6.42 Å². The van der Waals surface area contributed by atoms with Crippen LogP contribution in [0.1, 0.15) is 51.4 Å². The lowest BCUT2D eigenvalue weighted by atomic mass is 9.82. The smallest absolute Gasteiger partial charge is 0.306 e. The summed E-state index contributed by atoms with van der Waals surface area (Å²) in [6.45, 7) is 0. The van der Waals surface area contributed by atoms with Crippen LogP contribution in [-0.4, -0.2) is 29.1 Å². The van der Waals surface area contributed by atoms with E-state index in [0.29, 0.717) is 12.1 Å². The van der Waals surface area contributed by atoms with Crippen molar-refractivity contribution in [2.75, 3.05) is 0 Å². The number of carboxylic acid groups (broad SMARTS) is 1. The second-order valence-electron chi connectivity index (χ2n) is 6.02. The van der Waals surface area contributed by atoms with Crippen LogP contribution in [0.15, 0.2) is 0 Å². The van der Waals surface area contributed by atoms with E-state index in [-0.39, 0.29) is 17.7 Å². The second-order valence-corrected chi connectivity index (χ2v) is 6.02. The van der Waals surface area contributed by atoms with Crippen molar-refractivity contribution in [3.8, 4) is 0 Å².